The first-order valence-corrected chi connectivity index (χ1v) is 7.61. The first kappa shape index (κ1) is 14.7. The Morgan fingerprint density at radius 3 is 2.55 bits per heavy atom. The van der Waals surface area contributed by atoms with Gasteiger partial charge in [-0.2, -0.15) is 0 Å². The SMILES string of the molecule is CS(=O)c1ccc(C(=O)N2CCOCC2C(=O)O)cc1. The van der Waals surface area contributed by atoms with E-state index in [-0.39, 0.29) is 19.1 Å². The fraction of sp³-hybridized carbons (Fsp3) is 0.385. The molecular weight excluding hydrogens is 282 g/mol. The molecule has 0 aliphatic carbocycles. The van der Waals surface area contributed by atoms with Gasteiger partial charge in [0.05, 0.1) is 13.2 Å². The zero-order valence-corrected chi connectivity index (χ0v) is 11.8. The molecule has 0 spiro atoms. The lowest BCUT2D eigenvalue weighted by Gasteiger charge is -2.32. The van der Waals surface area contributed by atoms with Crippen LogP contribution in [0, 0.1) is 0 Å². The van der Waals surface area contributed by atoms with Crippen LogP contribution < -0.4 is 0 Å². The maximum atomic E-state index is 12.3. The third-order valence-corrected chi connectivity index (χ3v) is 4.04. The zero-order valence-electron chi connectivity index (χ0n) is 10.9. The molecule has 0 saturated carbocycles. The molecule has 2 unspecified atom stereocenters. The zero-order chi connectivity index (χ0) is 14.7. The third kappa shape index (κ3) is 3.05. The third-order valence-electron chi connectivity index (χ3n) is 3.11. The minimum absolute atomic E-state index is 0.00185. The van der Waals surface area contributed by atoms with Crippen molar-refractivity contribution in [3.63, 3.8) is 0 Å². The number of aliphatic carboxylic acids is 1. The largest absolute Gasteiger partial charge is 0.480 e. The van der Waals surface area contributed by atoms with Crippen LogP contribution in [0.4, 0.5) is 0 Å². The van der Waals surface area contributed by atoms with Crippen molar-refractivity contribution in [3.05, 3.63) is 29.8 Å². The molecule has 6 nitrogen and oxygen atoms in total. The molecule has 1 fully saturated rings. The van der Waals surface area contributed by atoms with Crippen molar-refractivity contribution in [2.45, 2.75) is 10.9 Å². The number of ether oxygens (including phenoxy) is 1. The van der Waals surface area contributed by atoms with Crippen LogP contribution in [-0.2, 0) is 20.3 Å². The highest BCUT2D eigenvalue weighted by Crippen LogP contribution is 2.14. The maximum absolute atomic E-state index is 12.3. The molecule has 0 radical (unpaired) electrons. The summed E-state index contributed by atoms with van der Waals surface area (Å²) in [5, 5.41) is 9.11. The van der Waals surface area contributed by atoms with Gasteiger partial charge in [0.25, 0.3) is 5.91 Å². The molecule has 1 amide bonds. The smallest absolute Gasteiger partial charge is 0.328 e. The molecule has 1 aliphatic rings. The minimum Gasteiger partial charge on any atom is -0.480 e. The first-order chi connectivity index (χ1) is 9.50. The van der Waals surface area contributed by atoms with Gasteiger partial charge >= 0.3 is 5.97 Å². The predicted molar refractivity (Wildman–Crippen MR) is 72.1 cm³/mol. The predicted octanol–water partition coefficient (Wildman–Crippen LogP) is 0.350. The number of amides is 1. The summed E-state index contributed by atoms with van der Waals surface area (Å²) < 4.78 is 16.4. The lowest BCUT2D eigenvalue weighted by molar-refractivity contribution is -0.147. The van der Waals surface area contributed by atoms with Gasteiger partial charge in [0, 0.05) is 34.1 Å². The van der Waals surface area contributed by atoms with Crippen LogP contribution in [0.5, 0.6) is 0 Å². The average molecular weight is 297 g/mol. The van der Waals surface area contributed by atoms with Crippen LogP contribution in [0.2, 0.25) is 0 Å². The van der Waals surface area contributed by atoms with Gasteiger partial charge < -0.3 is 14.7 Å². The molecule has 7 heteroatoms. The monoisotopic (exact) mass is 297 g/mol. The maximum Gasteiger partial charge on any atom is 0.328 e. The lowest BCUT2D eigenvalue weighted by atomic mass is 10.1. The van der Waals surface area contributed by atoms with Gasteiger partial charge in [0.1, 0.15) is 0 Å². The van der Waals surface area contributed by atoms with Crippen molar-refractivity contribution in [1.82, 2.24) is 4.90 Å². The molecule has 1 N–H and O–H groups in total. The number of benzene rings is 1. The number of hydrogen-bond donors (Lipinski definition) is 1. The second-order valence-electron chi connectivity index (χ2n) is 4.41. The molecule has 1 heterocycles. The molecule has 1 saturated heterocycles. The van der Waals surface area contributed by atoms with Gasteiger partial charge in [-0.1, -0.05) is 0 Å². The van der Waals surface area contributed by atoms with E-state index in [0.717, 1.165) is 0 Å². The summed E-state index contributed by atoms with van der Waals surface area (Å²) in [7, 11) is -1.11. The van der Waals surface area contributed by atoms with Crippen LogP contribution in [-0.4, -0.2) is 58.1 Å². The Balaban J connectivity index is 2.20. The Bertz CT molecular complexity index is 542. The second kappa shape index (κ2) is 6.15. The summed E-state index contributed by atoms with van der Waals surface area (Å²) in [4.78, 5) is 25.4. The van der Waals surface area contributed by atoms with E-state index in [9.17, 15) is 13.8 Å². The number of morpholine rings is 1. The summed E-state index contributed by atoms with van der Waals surface area (Å²) in [6.45, 7) is 0.571. The number of hydrogen-bond acceptors (Lipinski definition) is 4. The fourth-order valence-electron chi connectivity index (χ4n) is 2.01. The summed E-state index contributed by atoms with van der Waals surface area (Å²) in [6.07, 6.45) is 1.55. The van der Waals surface area contributed by atoms with Gasteiger partial charge in [-0.15, -0.1) is 0 Å². The van der Waals surface area contributed by atoms with E-state index in [4.69, 9.17) is 9.84 Å². The van der Waals surface area contributed by atoms with Crippen LogP contribution in [0.25, 0.3) is 0 Å². The standard InChI is InChI=1S/C13H15NO5S/c1-20(18)10-4-2-9(3-5-10)12(15)14-6-7-19-8-11(14)13(16)17/h2-5,11H,6-8H2,1H3,(H,16,17). The molecule has 1 aromatic rings. The van der Waals surface area contributed by atoms with Crippen molar-refractivity contribution in [3.8, 4) is 0 Å². The number of rotatable bonds is 3. The highest BCUT2D eigenvalue weighted by Gasteiger charge is 2.33. The Morgan fingerprint density at radius 2 is 2.00 bits per heavy atom. The average Bonchev–Trinajstić information content (AvgIpc) is 2.46. The Morgan fingerprint density at radius 1 is 1.35 bits per heavy atom. The molecule has 0 bridgehead atoms. The van der Waals surface area contributed by atoms with E-state index < -0.39 is 22.8 Å². The quantitative estimate of drug-likeness (QED) is 0.870. The van der Waals surface area contributed by atoms with Crippen molar-refractivity contribution in [1.29, 1.82) is 0 Å². The molecule has 2 atom stereocenters. The summed E-state index contributed by atoms with van der Waals surface area (Å²) >= 11 is 0. The van der Waals surface area contributed by atoms with E-state index in [0.29, 0.717) is 17.1 Å². The molecule has 0 aromatic heterocycles. The summed E-state index contributed by atoms with van der Waals surface area (Å²) in [5.41, 5.74) is 0.382. The number of carboxylic acid groups (broad SMARTS) is 1. The molecule has 2 rings (SSSR count). The number of carbonyl (C=O) groups excluding carboxylic acids is 1. The fourth-order valence-corrected chi connectivity index (χ4v) is 2.53. The highest BCUT2D eigenvalue weighted by atomic mass is 32.2. The normalized spacial score (nSPS) is 20.4. The molecule has 1 aromatic carbocycles. The van der Waals surface area contributed by atoms with Gasteiger partial charge in [-0.3, -0.25) is 9.00 Å². The lowest BCUT2D eigenvalue weighted by Crippen LogP contribution is -2.52. The van der Waals surface area contributed by atoms with Crippen LogP contribution in [0.15, 0.2) is 29.2 Å². The topological polar surface area (TPSA) is 83.9 Å². The van der Waals surface area contributed by atoms with Crippen LogP contribution >= 0.6 is 0 Å². The summed E-state index contributed by atoms with van der Waals surface area (Å²) in [5.74, 6) is -1.43. The molecular formula is C13H15NO5S. The van der Waals surface area contributed by atoms with Crippen LogP contribution in [0.3, 0.4) is 0 Å². The van der Waals surface area contributed by atoms with Gasteiger partial charge in [0.15, 0.2) is 6.04 Å². The van der Waals surface area contributed by atoms with E-state index in [2.05, 4.69) is 0 Å². The van der Waals surface area contributed by atoms with Crippen LogP contribution in [0.1, 0.15) is 10.4 Å². The molecule has 20 heavy (non-hydrogen) atoms. The summed E-state index contributed by atoms with van der Waals surface area (Å²) in [6, 6.07) is 5.39. The number of carbonyl (C=O) groups is 2. The Labute approximate surface area is 118 Å². The van der Waals surface area contributed by atoms with E-state index in [1.807, 2.05) is 0 Å². The van der Waals surface area contributed by atoms with Crippen molar-refractivity contribution >= 4 is 22.7 Å². The number of nitrogens with zero attached hydrogens (tertiary/aromatic N) is 1. The van der Waals surface area contributed by atoms with Crippen molar-refractivity contribution in [2.24, 2.45) is 0 Å². The molecule has 108 valence electrons. The van der Waals surface area contributed by atoms with E-state index in [1.165, 1.54) is 4.90 Å². The Kier molecular flexibility index (Phi) is 4.51. The van der Waals surface area contributed by atoms with Crippen molar-refractivity contribution < 1.29 is 23.6 Å². The highest BCUT2D eigenvalue weighted by molar-refractivity contribution is 7.84. The van der Waals surface area contributed by atoms with Gasteiger partial charge in [-0.05, 0) is 24.3 Å². The van der Waals surface area contributed by atoms with Gasteiger partial charge in [0.2, 0.25) is 0 Å². The Hall–Kier alpha value is -1.73. The second-order valence-corrected chi connectivity index (χ2v) is 5.79. The minimum atomic E-state index is -1.11. The van der Waals surface area contributed by atoms with Crippen molar-refractivity contribution in [2.75, 3.05) is 26.0 Å². The van der Waals surface area contributed by atoms with Gasteiger partial charge in [-0.25, -0.2) is 4.79 Å². The van der Waals surface area contributed by atoms with E-state index >= 15 is 0 Å². The first-order valence-electron chi connectivity index (χ1n) is 6.05. The number of carboxylic acids is 1. The van der Waals surface area contributed by atoms with E-state index in [1.54, 1.807) is 30.5 Å². The molecule has 1 aliphatic heterocycles.